The normalized spacial score (nSPS) is 19.6. The molecule has 1 atom stereocenters. The van der Waals surface area contributed by atoms with E-state index in [-0.39, 0.29) is 11.9 Å². The number of benzene rings is 1. The van der Waals surface area contributed by atoms with Crippen LogP contribution in [-0.2, 0) is 4.79 Å². The van der Waals surface area contributed by atoms with E-state index >= 15 is 0 Å². The molecule has 14 heavy (non-hydrogen) atoms. The van der Waals surface area contributed by atoms with Gasteiger partial charge in [0.15, 0.2) is 0 Å². The second kappa shape index (κ2) is 3.45. The Kier molecular flexibility index (Phi) is 2.28. The number of hydrogen-bond donors (Lipinski definition) is 0. The molecular weight excluding hydrogens is 176 g/mol. The van der Waals surface area contributed by atoms with Crippen molar-refractivity contribution in [2.75, 3.05) is 0 Å². The molecule has 2 heteroatoms. The molecular formula is C12H14O2. The van der Waals surface area contributed by atoms with Gasteiger partial charge in [-0.05, 0) is 18.4 Å². The zero-order chi connectivity index (χ0) is 10.1. The highest BCUT2D eigenvalue weighted by atomic mass is 16.5. The van der Waals surface area contributed by atoms with Gasteiger partial charge in [0, 0.05) is 5.56 Å². The number of para-hydroxylation sites is 1. The quantitative estimate of drug-likeness (QED) is 0.529. The molecule has 2 nitrogen and oxygen atoms in total. The highest BCUT2D eigenvalue weighted by molar-refractivity contribution is 5.85. The number of esters is 1. The average molecular weight is 190 g/mol. The predicted molar refractivity (Wildman–Crippen MR) is 54.3 cm³/mol. The van der Waals surface area contributed by atoms with Crippen LogP contribution >= 0.6 is 0 Å². The van der Waals surface area contributed by atoms with Crippen LogP contribution in [0.15, 0.2) is 24.3 Å². The number of hydrogen-bond acceptors (Lipinski definition) is 2. The summed E-state index contributed by atoms with van der Waals surface area (Å²) in [6.45, 7) is 4.24. The fraction of sp³-hybridized carbons (Fsp3) is 0.417. The van der Waals surface area contributed by atoms with Crippen LogP contribution in [0, 0.1) is 5.92 Å². The first-order valence-electron chi connectivity index (χ1n) is 4.99. The maximum atomic E-state index is 11.5. The van der Waals surface area contributed by atoms with E-state index < -0.39 is 0 Å². The minimum atomic E-state index is -0.0973. The molecule has 74 valence electrons. The highest BCUT2D eigenvalue weighted by Gasteiger charge is 2.32. The second-order valence-electron chi connectivity index (χ2n) is 4.14. The molecule has 0 fully saturated rings. The van der Waals surface area contributed by atoms with Crippen molar-refractivity contribution in [2.24, 2.45) is 5.92 Å². The van der Waals surface area contributed by atoms with Gasteiger partial charge in [0.2, 0.25) is 0 Å². The van der Waals surface area contributed by atoms with Gasteiger partial charge in [-0.1, -0.05) is 32.0 Å². The first-order valence-corrected chi connectivity index (χ1v) is 4.99. The van der Waals surface area contributed by atoms with E-state index in [1.165, 1.54) is 0 Å². The first kappa shape index (κ1) is 9.25. The van der Waals surface area contributed by atoms with E-state index in [4.69, 9.17) is 4.74 Å². The molecule has 0 aromatic heterocycles. The number of carbonyl (C=O) groups is 1. The molecule has 2 rings (SSSR count). The molecule has 0 saturated heterocycles. The summed E-state index contributed by atoms with van der Waals surface area (Å²) in [5, 5.41) is 0. The minimum Gasteiger partial charge on any atom is -0.426 e. The third kappa shape index (κ3) is 1.52. The van der Waals surface area contributed by atoms with E-state index in [9.17, 15) is 4.79 Å². The molecule has 0 aliphatic carbocycles. The van der Waals surface area contributed by atoms with Crippen molar-refractivity contribution in [3.8, 4) is 5.75 Å². The van der Waals surface area contributed by atoms with Crippen LogP contribution < -0.4 is 4.74 Å². The molecule has 1 aliphatic heterocycles. The molecule has 0 bridgehead atoms. The van der Waals surface area contributed by atoms with Crippen molar-refractivity contribution in [1.29, 1.82) is 0 Å². The van der Waals surface area contributed by atoms with Crippen LogP contribution in [0.25, 0.3) is 0 Å². The largest absolute Gasteiger partial charge is 0.426 e. The monoisotopic (exact) mass is 190 g/mol. The van der Waals surface area contributed by atoms with E-state index in [1.807, 2.05) is 24.3 Å². The Morgan fingerprint density at radius 3 is 2.79 bits per heavy atom. The lowest BCUT2D eigenvalue weighted by Gasteiger charge is -2.09. The maximum absolute atomic E-state index is 11.5. The van der Waals surface area contributed by atoms with Gasteiger partial charge in [-0.25, -0.2) is 0 Å². The van der Waals surface area contributed by atoms with Crippen molar-refractivity contribution >= 4 is 5.97 Å². The van der Waals surface area contributed by atoms with Crippen LogP contribution in [-0.4, -0.2) is 5.97 Å². The number of rotatable bonds is 2. The molecule has 1 aromatic rings. The molecule has 1 aromatic carbocycles. The maximum Gasteiger partial charge on any atom is 0.318 e. The first-order chi connectivity index (χ1) is 6.68. The van der Waals surface area contributed by atoms with Gasteiger partial charge < -0.3 is 4.74 Å². The SMILES string of the molecule is CC(C)C[C@H]1C(=O)Oc2ccccc21. The van der Waals surface area contributed by atoms with Gasteiger partial charge in [-0.2, -0.15) is 0 Å². The van der Waals surface area contributed by atoms with Gasteiger partial charge in [-0.15, -0.1) is 0 Å². The summed E-state index contributed by atoms with van der Waals surface area (Å²) in [5.74, 6) is 1.10. The summed E-state index contributed by atoms with van der Waals surface area (Å²) in [7, 11) is 0. The molecule has 0 spiro atoms. The van der Waals surface area contributed by atoms with E-state index in [0.717, 1.165) is 17.7 Å². The summed E-state index contributed by atoms with van der Waals surface area (Å²) < 4.78 is 5.18. The molecule has 1 aliphatic rings. The third-order valence-corrected chi connectivity index (χ3v) is 2.50. The smallest absolute Gasteiger partial charge is 0.318 e. The van der Waals surface area contributed by atoms with Crippen LogP contribution in [0.5, 0.6) is 5.75 Å². The fourth-order valence-electron chi connectivity index (χ4n) is 1.86. The van der Waals surface area contributed by atoms with Crippen LogP contribution in [0.3, 0.4) is 0 Å². The minimum absolute atomic E-state index is 0.0498. The lowest BCUT2D eigenvalue weighted by Crippen LogP contribution is -2.12. The van der Waals surface area contributed by atoms with Crippen LogP contribution in [0.4, 0.5) is 0 Å². The van der Waals surface area contributed by atoms with E-state index in [2.05, 4.69) is 13.8 Å². The zero-order valence-corrected chi connectivity index (χ0v) is 8.49. The van der Waals surface area contributed by atoms with E-state index in [0.29, 0.717) is 5.92 Å². The standard InChI is InChI=1S/C12H14O2/c1-8(2)7-10-9-5-3-4-6-11(9)14-12(10)13/h3-6,8,10H,7H2,1-2H3/t10-/m1/s1. The topological polar surface area (TPSA) is 26.3 Å². The Hall–Kier alpha value is -1.31. The zero-order valence-electron chi connectivity index (χ0n) is 8.49. The summed E-state index contributed by atoms with van der Waals surface area (Å²) in [6.07, 6.45) is 0.871. The van der Waals surface area contributed by atoms with Crippen LogP contribution in [0.1, 0.15) is 31.7 Å². The highest BCUT2D eigenvalue weighted by Crippen LogP contribution is 2.37. The predicted octanol–water partition coefficient (Wildman–Crippen LogP) is 2.74. The van der Waals surface area contributed by atoms with Crippen molar-refractivity contribution in [1.82, 2.24) is 0 Å². The van der Waals surface area contributed by atoms with E-state index in [1.54, 1.807) is 0 Å². The Bertz CT molecular complexity index is 355. The molecule has 1 heterocycles. The molecule has 0 unspecified atom stereocenters. The van der Waals surface area contributed by atoms with Crippen molar-refractivity contribution in [3.63, 3.8) is 0 Å². The average Bonchev–Trinajstić information content (AvgIpc) is 2.43. The molecule has 0 saturated carbocycles. The number of carbonyl (C=O) groups excluding carboxylic acids is 1. The van der Waals surface area contributed by atoms with Gasteiger partial charge in [0.05, 0.1) is 5.92 Å². The lowest BCUT2D eigenvalue weighted by atomic mass is 9.92. The second-order valence-corrected chi connectivity index (χ2v) is 4.14. The molecule has 0 N–H and O–H groups in total. The number of ether oxygens (including phenoxy) is 1. The third-order valence-electron chi connectivity index (χ3n) is 2.50. The lowest BCUT2D eigenvalue weighted by molar-refractivity contribution is -0.134. The Morgan fingerprint density at radius 2 is 2.07 bits per heavy atom. The Labute approximate surface area is 83.9 Å². The Balaban J connectivity index is 2.30. The van der Waals surface area contributed by atoms with Gasteiger partial charge in [0.1, 0.15) is 5.75 Å². The summed E-state index contributed by atoms with van der Waals surface area (Å²) in [6, 6.07) is 7.68. The van der Waals surface area contributed by atoms with Crippen LogP contribution in [0.2, 0.25) is 0 Å². The van der Waals surface area contributed by atoms with Crippen molar-refractivity contribution in [2.45, 2.75) is 26.2 Å². The summed E-state index contributed by atoms with van der Waals surface area (Å²) in [4.78, 5) is 11.5. The Morgan fingerprint density at radius 1 is 1.36 bits per heavy atom. The number of fused-ring (bicyclic) bond motifs is 1. The molecule has 0 radical (unpaired) electrons. The van der Waals surface area contributed by atoms with Crippen molar-refractivity contribution in [3.05, 3.63) is 29.8 Å². The van der Waals surface area contributed by atoms with Crippen molar-refractivity contribution < 1.29 is 9.53 Å². The van der Waals surface area contributed by atoms with Gasteiger partial charge >= 0.3 is 5.97 Å². The summed E-state index contributed by atoms with van der Waals surface area (Å²) in [5.41, 5.74) is 1.05. The summed E-state index contributed by atoms with van der Waals surface area (Å²) >= 11 is 0. The van der Waals surface area contributed by atoms with Gasteiger partial charge in [0.25, 0.3) is 0 Å². The molecule has 0 amide bonds. The fourth-order valence-corrected chi connectivity index (χ4v) is 1.86. The van der Waals surface area contributed by atoms with Gasteiger partial charge in [-0.3, -0.25) is 4.79 Å².